The van der Waals surface area contributed by atoms with E-state index >= 15 is 0 Å². The van der Waals surface area contributed by atoms with E-state index in [4.69, 9.17) is 5.11 Å². The Morgan fingerprint density at radius 3 is 2.33 bits per heavy atom. The number of nitrogens with zero attached hydrogens (tertiary/aromatic N) is 2. The molecule has 116 valence electrons. The normalized spacial score (nSPS) is 27.4. The maximum absolute atomic E-state index is 12.5. The van der Waals surface area contributed by atoms with Gasteiger partial charge in [0.25, 0.3) is 0 Å². The van der Waals surface area contributed by atoms with Crippen molar-refractivity contribution in [3.05, 3.63) is 0 Å². The van der Waals surface area contributed by atoms with Crippen LogP contribution in [0, 0.1) is 17.8 Å². The summed E-state index contributed by atoms with van der Waals surface area (Å²) in [5.74, 6) is -0.882. The number of amides is 2. The fourth-order valence-corrected chi connectivity index (χ4v) is 3.27. The highest BCUT2D eigenvalue weighted by atomic mass is 16.4. The molecule has 0 aromatic rings. The minimum absolute atomic E-state index is 0.00957. The highest BCUT2D eigenvalue weighted by Crippen LogP contribution is 2.35. The predicted octanol–water partition coefficient (Wildman–Crippen LogP) is 0.566. The molecule has 2 atom stereocenters. The van der Waals surface area contributed by atoms with Crippen LogP contribution in [0.1, 0.15) is 32.6 Å². The highest BCUT2D eigenvalue weighted by molar-refractivity contribution is 5.90. The maximum atomic E-state index is 12.5. The minimum atomic E-state index is -0.807. The second kappa shape index (κ2) is 5.31. The molecule has 6 nitrogen and oxygen atoms in total. The Morgan fingerprint density at radius 2 is 1.76 bits per heavy atom. The van der Waals surface area contributed by atoms with Gasteiger partial charge in [0.15, 0.2) is 0 Å². The average Bonchev–Trinajstić information content (AvgIpc) is 3.12. The molecule has 2 heterocycles. The first kappa shape index (κ1) is 14.4. The molecule has 0 spiro atoms. The van der Waals surface area contributed by atoms with E-state index in [1.807, 2.05) is 0 Å². The lowest BCUT2D eigenvalue weighted by Crippen LogP contribution is -2.58. The summed E-state index contributed by atoms with van der Waals surface area (Å²) in [5.41, 5.74) is 0. The number of carboxylic acids is 1. The van der Waals surface area contributed by atoms with Crippen LogP contribution in [-0.2, 0) is 14.4 Å². The molecule has 1 saturated carbocycles. The van der Waals surface area contributed by atoms with Crippen LogP contribution < -0.4 is 0 Å². The number of carboxylic acid groups (broad SMARTS) is 1. The van der Waals surface area contributed by atoms with E-state index < -0.39 is 11.9 Å². The van der Waals surface area contributed by atoms with Gasteiger partial charge in [0, 0.05) is 31.5 Å². The molecule has 3 rings (SSSR count). The lowest BCUT2D eigenvalue weighted by molar-refractivity contribution is -0.154. The van der Waals surface area contributed by atoms with Crippen molar-refractivity contribution < 1.29 is 19.5 Å². The first-order valence-electron chi connectivity index (χ1n) is 7.81. The molecule has 2 amide bonds. The molecule has 21 heavy (non-hydrogen) atoms. The molecule has 0 aromatic carbocycles. The number of hydrogen-bond acceptors (Lipinski definition) is 3. The third kappa shape index (κ3) is 2.63. The van der Waals surface area contributed by atoms with Gasteiger partial charge in [-0.25, -0.2) is 0 Å². The van der Waals surface area contributed by atoms with Crippen molar-refractivity contribution in [1.29, 1.82) is 0 Å². The van der Waals surface area contributed by atoms with E-state index in [2.05, 4.69) is 0 Å². The number of hydrogen-bond donors (Lipinski definition) is 1. The largest absolute Gasteiger partial charge is 0.481 e. The van der Waals surface area contributed by atoms with Gasteiger partial charge in [-0.05, 0) is 25.7 Å². The fraction of sp³-hybridized carbons (Fsp3) is 0.800. The number of rotatable bonds is 4. The van der Waals surface area contributed by atoms with Gasteiger partial charge < -0.3 is 14.9 Å². The molecule has 6 heteroatoms. The van der Waals surface area contributed by atoms with Gasteiger partial charge in [0.05, 0.1) is 5.92 Å². The summed E-state index contributed by atoms with van der Waals surface area (Å²) in [5, 5.41) is 8.98. The van der Waals surface area contributed by atoms with E-state index in [1.54, 1.807) is 16.7 Å². The second-order valence-electron chi connectivity index (χ2n) is 6.59. The van der Waals surface area contributed by atoms with Gasteiger partial charge in [-0.2, -0.15) is 0 Å². The van der Waals surface area contributed by atoms with E-state index in [-0.39, 0.29) is 29.7 Å². The molecule has 1 aliphatic carbocycles. The highest BCUT2D eigenvalue weighted by Gasteiger charge is 2.45. The van der Waals surface area contributed by atoms with Crippen LogP contribution in [0.15, 0.2) is 0 Å². The van der Waals surface area contributed by atoms with Crippen molar-refractivity contribution in [2.75, 3.05) is 19.6 Å². The maximum Gasteiger partial charge on any atom is 0.306 e. The Morgan fingerprint density at radius 1 is 1.10 bits per heavy atom. The number of carbonyl (C=O) groups excluding carboxylic acids is 2. The summed E-state index contributed by atoms with van der Waals surface area (Å²) in [6.45, 7) is 3.39. The van der Waals surface area contributed by atoms with Crippen LogP contribution in [0.3, 0.4) is 0 Å². The van der Waals surface area contributed by atoms with Crippen molar-refractivity contribution in [2.45, 2.75) is 38.6 Å². The molecule has 3 aliphatic rings. The zero-order valence-corrected chi connectivity index (χ0v) is 12.3. The standard InChI is InChI=1S/C15H22N2O4/c1-9(15(20)21)11-7-16(8-11)14(19)12-3-2-6-17(12)13(18)10-4-5-10/h9-12H,2-8H2,1H3,(H,20,21). The molecule has 0 bridgehead atoms. The quantitative estimate of drug-likeness (QED) is 0.822. The first-order valence-corrected chi connectivity index (χ1v) is 7.81. The lowest BCUT2D eigenvalue weighted by Gasteiger charge is -2.43. The van der Waals surface area contributed by atoms with E-state index in [1.165, 1.54) is 0 Å². The molecular weight excluding hydrogens is 272 g/mol. The Kier molecular flexibility index (Phi) is 3.63. The van der Waals surface area contributed by atoms with E-state index in [0.29, 0.717) is 19.6 Å². The van der Waals surface area contributed by atoms with Gasteiger partial charge in [-0.3, -0.25) is 14.4 Å². The number of aliphatic carboxylic acids is 1. The summed E-state index contributed by atoms with van der Waals surface area (Å²) in [7, 11) is 0. The van der Waals surface area contributed by atoms with Crippen LogP contribution >= 0.6 is 0 Å². The van der Waals surface area contributed by atoms with Crippen molar-refractivity contribution in [3.63, 3.8) is 0 Å². The summed E-state index contributed by atoms with van der Waals surface area (Å²) in [6, 6.07) is -0.306. The number of likely N-dealkylation sites (tertiary alicyclic amines) is 2. The average molecular weight is 294 g/mol. The molecule has 0 aromatic heterocycles. The summed E-state index contributed by atoms with van der Waals surface area (Å²) < 4.78 is 0. The molecular formula is C15H22N2O4. The Labute approximate surface area is 124 Å². The third-order valence-electron chi connectivity index (χ3n) is 5.07. The monoisotopic (exact) mass is 294 g/mol. The zero-order chi connectivity index (χ0) is 15.1. The van der Waals surface area contributed by atoms with Crippen molar-refractivity contribution >= 4 is 17.8 Å². The first-order chi connectivity index (χ1) is 9.99. The summed E-state index contributed by atoms with van der Waals surface area (Å²) in [6.07, 6.45) is 3.54. The van der Waals surface area contributed by atoms with Crippen molar-refractivity contribution in [1.82, 2.24) is 9.80 Å². The summed E-state index contributed by atoms with van der Waals surface area (Å²) in [4.78, 5) is 39.1. The number of carbonyl (C=O) groups is 3. The Balaban J connectivity index is 1.56. The van der Waals surface area contributed by atoms with Crippen LogP contribution in [0.4, 0.5) is 0 Å². The lowest BCUT2D eigenvalue weighted by atomic mass is 9.86. The van der Waals surface area contributed by atoms with Crippen molar-refractivity contribution in [2.24, 2.45) is 17.8 Å². The van der Waals surface area contributed by atoms with Gasteiger partial charge in [0.2, 0.25) is 11.8 Å². The topological polar surface area (TPSA) is 77.9 Å². The van der Waals surface area contributed by atoms with Crippen molar-refractivity contribution in [3.8, 4) is 0 Å². The minimum Gasteiger partial charge on any atom is -0.481 e. The zero-order valence-electron chi connectivity index (χ0n) is 12.3. The molecule has 1 N–H and O–H groups in total. The Hall–Kier alpha value is -1.59. The summed E-state index contributed by atoms with van der Waals surface area (Å²) >= 11 is 0. The van der Waals surface area contributed by atoms with Gasteiger partial charge in [-0.1, -0.05) is 6.92 Å². The van der Waals surface area contributed by atoms with Gasteiger partial charge in [0.1, 0.15) is 6.04 Å². The molecule has 2 aliphatic heterocycles. The third-order valence-corrected chi connectivity index (χ3v) is 5.07. The molecule has 0 radical (unpaired) electrons. The van der Waals surface area contributed by atoms with Crippen LogP contribution in [0.2, 0.25) is 0 Å². The van der Waals surface area contributed by atoms with Gasteiger partial charge >= 0.3 is 5.97 Å². The Bertz CT molecular complexity index is 468. The fourth-order valence-electron chi connectivity index (χ4n) is 3.27. The second-order valence-corrected chi connectivity index (χ2v) is 6.59. The smallest absolute Gasteiger partial charge is 0.306 e. The molecule has 3 fully saturated rings. The SMILES string of the molecule is CC(C(=O)O)C1CN(C(=O)C2CCCN2C(=O)C2CC2)C1. The van der Waals surface area contributed by atoms with Crippen LogP contribution in [0.25, 0.3) is 0 Å². The van der Waals surface area contributed by atoms with Crippen LogP contribution in [-0.4, -0.2) is 58.4 Å². The predicted molar refractivity (Wildman–Crippen MR) is 74.3 cm³/mol. The van der Waals surface area contributed by atoms with E-state index in [0.717, 1.165) is 25.7 Å². The van der Waals surface area contributed by atoms with E-state index in [9.17, 15) is 14.4 Å². The van der Waals surface area contributed by atoms with Gasteiger partial charge in [-0.15, -0.1) is 0 Å². The van der Waals surface area contributed by atoms with Crippen LogP contribution in [0.5, 0.6) is 0 Å². The molecule has 2 unspecified atom stereocenters. The molecule has 2 saturated heterocycles.